The Morgan fingerprint density at radius 2 is 2.54 bits per heavy atom. The molecule has 2 heterocycles. The van der Waals surface area contributed by atoms with E-state index < -0.39 is 0 Å². The summed E-state index contributed by atoms with van der Waals surface area (Å²) in [4.78, 5) is 16.8. The van der Waals surface area contributed by atoms with Gasteiger partial charge in [0.05, 0.1) is 11.9 Å². The van der Waals surface area contributed by atoms with Gasteiger partial charge in [0.2, 0.25) is 0 Å². The number of hydrogen-bond acceptors (Lipinski definition) is 3. The Morgan fingerprint density at radius 3 is 3.15 bits per heavy atom. The lowest BCUT2D eigenvalue weighted by Gasteiger charge is -2.16. The number of pyridine rings is 1. The molecule has 1 fully saturated rings. The molecule has 0 spiro atoms. The minimum Gasteiger partial charge on any atom is -0.370 e. The van der Waals surface area contributed by atoms with Crippen LogP contribution in [0.5, 0.6) is 0 Å². The maximum absolute atomic E-state index is 10.5. The van der Waals surface area contributed by atoms with Gasteiger partial charge in [-0.1, -0.05) is 0 Å². The summed E-state index contributed by atoms with van der Waals surface area (Å²) < 4.78 is 0. The van der Waals surface area contributed by atoms with Crippen LogP contribution in [0, 0.1) is 5.92 Å². The Morgan fingerprint density at radius 1 is 1.62 bits per heavy atom. The third kappa shape index (κ3) is 1.69. The average molecular weight is 176 g/mol. The number of carbonyl (C=O) groups excluding carboxylic acids is 1. The quantitative estimate of drug-likeness (QED) is 0.633. The van der Waals surface area contributed by atoms with Crippen molar-refractivity contribution in [2.45, 2.75) is 6.42 Å². The third-order valence-electron chi connectivity index (χ3n) is 2.43. The zero-order valence-electron chi connectivity index (χ0n) is 7.39. The first-order valence-electron chi connectivity index (χ1n) is 4.50. The van der Waals surface area contributed by atoms with Crippen LogP contribution in [0.2, 0.25) is 0 Å². The van der Waals surface area contributed by atoms with E-state index in [1.54, 1.807) is 6.20 Å². The molecule has 1 aromatic heterocycles. The molecular weight excluding hydrogens is 164 g/mol. The molecule has 0 bridgehead atoms. The topological polar surface area (TPSA) is 33.2 Å². The van der Waals surface area contributed by atoms with E-state index in [1.165, 1.54) is 0 Å². The number of rotatable bonds is 2. The van der Waals surface area contributed by atoms with E-state index in [0.29, 0.717) is 0 Å². The molecule has 1 aliphatic heterocycles. The Labute approximate surface area is 77.4 Å². The van der Waals surface area contributed by atoms with Gasteiger partial charge in [0, 0.05) is 25.2 Å². The van der Waals surface area contributed by atoms with E-state index in [2.05, 4.69) is 9.88 Å². The third-order valence-corrected chi connectivity index (χ3v) is 2.43. The molecule has 68 valence electrons. The summed E-state index contributed by atoms with van der Waals surface area (Å²) >= 11 is 0. The van der Waals surface area contributed by atoms with Crippen molar-refractivity contribution in [2.24, 2.45) is 5.92 Å². The smallest absolute Gasteiger partial charge is 0.124 e. The number of anilines is 1. The Kier molecular flexibility index (Phi) is 2.25. The molecular formula is C10H12N2O. The molecule has 3 heteroatoms. The van der Waals surface area contributed by atoms with Gasteiger partial charge >= 0.3 is 0 Å². The van der Waals surface area contributed by atoms with Gasteiger partial charge in [0.1, 0.15) is 6.29 Å². The van der Waals surface area contributed by atoms with Gasteiger partial charge in [-0.25, -0.2) is 0 Å². The van der Waals surface area contributed by atoms with Crippen LogP contribution in [0.3, 0.4) is 0 Å². The SMILES string of the molecule is O=C[C@@H]1CCN(c2cccnc2)C1. The van der Waals surface area contributed by atoms with Crippen molar-refractivity contribution in [1.82, 2.24) is 4.98 Å². The summed E-state index contributed by atoms with van der Waals surface area (Å²) in [7, 11) is 0. The highest BCUT2D eigenvalue weighted by Gasteiger charge is 2.21. The van der Waals surface area contributed by atoms with Gasteiger partial charge in [-0.05, 0) is 18.6 Å². The summed E-state index contributed by atoms with van der Waals surface area (Å²) in [5.74, 6) is 0.209. The molecule has 0 aromatic carbocycles. The molecule has 1 aromatic rings. The monoisotopic (exact) mass is 176 g/mol. The first-order valence-corrected chi connectivity index (χ1v) is 4.50. The summed E-state index contributed by atoms with van der Waals surface area (Å²) in [6.45, 7) is 1.81. The van der Waals surface area contributed by atoms with Crippen LogP contribution >= 0.6 is 0 Å². The molecule has 2 rings (SSSR count). The van der Waals surface area contributed by atoms with Crippen molar-refractivity contribution in [2.75, 3.05) is 18.0 Å². The second kappa shape index (κ2) is 3.56. The Balaban J connectivity index is 2.08. The molecule has 13 heavy (non-hydrogen) atoms. The van der Waals surface area contributed by atoms with Gasteiger partial charge in [-0.15, -0.1) is 0 Å². The van der Waals surface area contributed by atoms with E-state index in [4.69, 9.17) is 0 Å². The number of carbonyl (C=O) groups is 1. The van der Waals surface area contributed by atoms with E-state index in [1.807, 2.05) is 18.3 Å². The van der Waals surface area contributed by atoms with Crippen LogP contribution in [0.1, 0.15) is 6.42 Å². The van der Waals surface area contributed by atoms with E-state index in [0.717, 1.165) is 31.5 Å². The maximum Gasteiger partial charge on any atom is 0.124 e. The lowest BCUT2D eigenvalue weighted by Crippen LogP contribution is -2.19. The van der Waals surface area contributed by atoms with E-state index >= 15 is 0 Å². The largest absolute Gasteiger partial charge is 0.370 e. The lowest BCUT2D eigenvalue weighted by molar-refractivity contribution is -0.110. The standard InChI is InChI=1S/C10H12N2O/c13-8-9-3-5-12(7-9)10-2-1-4-11-6-10/h1-2,4,6,8-9H,3,5,7H2/t9-/m1/s1. The maximum atomic E-state index is 10.5. The zero-order valence-corrected chi connectivity index (χ0v) is 7.39. The van der Waals surface area contributed by atoms with Crippen LogP contribution in [0.25, 0.3) is 0 Å². The molecule has 0 radical (unpaired) electrons. The normalized spacial score (nSPS) is 21.8. The van der Waals surface area contributed by atoms with E-state index in [9.17, 15) is 4.79 Å². The minimum atomic E-state index is 0.209. The molecule has 1 aliphatic rings. The van der Waals surface area contributed by atoms with Crippen molar-refractivity contribution in [3.63, 3.8) is 0 Å². The number of hydrogen-bond donors (Lipinski definition) is 0. The minimum absolute atomic E-state index is 0.209. The molecule has 1 saturated heterocycles. The number of aromatic nitrogens is 1. The van der Waals surface area contributed by atoms with Crippen LogP contribution in [0.15, 0.2) is 24.5 Å². The highest BCUT2D eigenvalue weighted by atomic mass is 16.1. The second-order valence-electron chi connectivity index (χ2n) is 3.34. The molecule has 0 unspecified atom stereocenters. The molecule has 0 aliphatic carbocycles. The highest BCUT2D eigenvalue weighted by Crippen LogP contribution is 2.21. The van der Waals surface area contributed by atoms with Crippen LogP contribution in [-0.4, -0.2) is 24.4 Å². The predicted molar refractivity (Wildman–Crippen MR) is 50.6 cm³/mol. The van der Waals surface area contributed by atoms with Crippen molar-refractivity contribution in [3.05, 3.63) is 24.5 Å². The number of nitrogens with zero attached hydrogens (tertiary/aromatic N) is 2. The highest BCUT2D eigenvalue weighted by molar-refractivity contribution is 5.58. The molecule has 0 saturated carbocycles. The predicted octanol–water partition coefficient (Wildman–Crippen LogP) is 1.11. The van der Waals surface area contributed by atoms with Crippen LogP contribution in [-0.2, 0) is 4.79 Å². The van der Waals surface area contributed by atoms with Gasteiger partial charge in [-0.2, -0.15) is 0 Å². The summed E-state index contributed by atoms with van der Waals surface area (Å²) in [5, 5.41) is 0. The average Bonchev–Trinajstić information content (AvgIpc) is 2.67. The van der Waals surface area contributed by atoms with E-state index in [-0.39, 0.29) is 5.92 Å². The Hall–Kier alpha value is -1.38. The van der Waals surface area contributed by atoms with Crippen LogP contribution in [0.4, 0.5) is 5.69 Å². The fourth-order valence-electron chi connectivity index (χ4n) is 1.67. The molecule has 3 nitrogen and oxygen atoms in total. The van der Waals surface area contributed by atoms with Gasteiger partial charge in [0.15, 0.2) is 0 Å². The van der Waals surface area contributed by atoms with Crippen molar-refractivity contribution < 1.29 is 4.79 Å². The lowest BCUT2D eigenvalue weighted by atomic mass is 10.1. The van der Waals surface area contributed by atoms with Crippen molar-refractivity contribution in [3.8, 4) is 0 Å². The fourth-order valence-corrected chi connectivity index (χ4v) is 1.67. The Bertz CT molecular complexity index is 286. The molecule has 1 atom stereocenters. The second-order valence-corrected chi connectivity index (χ2v) is 3.34. The number of aldehydes is 1. The summed E-state index contributed by atoms with van der Waals surface area (Å²) in [5.41, 5.74) is 1.12. The van der Waals surface area contributed by atoms with Gasteiger partial charge in [0.25, 0.3) is 0 Å². The zero-order chi connectivity index (χ0) is 9.10. The van der Waals surface area contributed by atoms with Crippen LogP contribution < -0.4 is 4.90 Å². The van der Waals surface area contributed by atoms with Gasteiger partial charge in [-0.3, -0.25) is 4.98 Å². The first-order chi connectivity index (χ1) is 6.40. The summed E-state index contributed by atoms with van der Waals surface area (Å²) in [6, 6.07) is 3.95. The molecule has 0 amide bonds. The fraction of sp³-hybridized carbons (Fsp3) is 0.400. The van der Waals surface area contributed by atoms with Gasteiger partial charge < -0.3 is 9.69 Å². The van der Waals surface area contributed by atoms with Crippen molar-refractivity contribution in [1.29, 1.82) is 0 Å². The summed E-state index contributed by atoms with van der Waals surface area (Å²) in [6.07, 6.45) is 5.62. The first kappa shape index (κ1) is 8.23. The molecule has 0 N–H and O–H groups in total. The van der Waals surface area contributed by atoms with Crippen molar-refractivity contribution >= 4 is 12.0 Å².